The third-order valence-corrected chi connectivity index (χ3v) is 4.25. The topological polar surface area (TPSA) is 65.0 Å². The Morgan fingerprint density at radius 3 is 2.27 bits per heavy atom. The zero-order valence-corrected chi connectivity index (χ0v) is 15.7. The smallest absolute Gasteiger partial charge is 0.271 e. The number of allylic oxidation sites excluding steroid dienone is 1. The first-order chi connectivity index (χ1) is 12.5. The lowest BCUT2D eigenvalue weighted by Gasteiger charge is -2.11. The maximum Gasteiger partial charge on any atom is 0.271 e. The molecule has 0 atom stereocenters. The van der Waals surface area contributed by atoms with Crippen LogP contribution >= 0.6 is 0 Å². The van der Waals surface area contributed by atoms with Crippen LogP contribution < -0.4 is 10.6 Å². The Kier molecular flexibility index (Phi) is 6.50. The molecule has 134 valence electrons. The molecule has 0 aliphatic rings. The lowest BCUT2D eigenvalue weighted by molar-refractivity contribution is -0.113. The molecule has 4 heteroatoms. The van der Waals surface area contributed by atoms with E-state index >= 15 is 0 Å². The van der Waals surface area contributed by atoms with E-state index in [2.05, 4.69) is 54.8 Å². The van der Waals surface area contributed by atoms with E-state index in [1.54, 1.807) is 7.05 Å². The summed E-state index contributed by atoms with van der Waals surface area (Å²) in [5, 5.41) is 12.8. The molecule has 3 N–H and O–H groups in total. The third kappa shape index (κ3) is 4.70. The van der Waals surface area contributed by atoms with Gasteiger partial charge in [-0.2, -0.15) is 0 Å². The summed E-state index contributed by atoms with van der Waals surface area (Å²) in [5.74, 6) is -0.266. The van der Waals surface area contributed by atoms with Gasteiger partial charge in [-0.25, -0.2) is 0 Å². The minimum absolute atomic E-state index is 0.266. The molecule has 4 nitrogen and oxygen atoms in total. The number of likely N-dealkylation sites (N-methyl/N-ethyl adjacent to an activating group) is 1. The quantitative estimate of drug-likeness (QED) is 0.410. The van der Waals surface area contributed by atoms with Crippen molar-refractivity contribution in [3.63, 3.8) is 0 Å². The Morgan fingerprint density at radius 1 is 1.00 bits per heavy atom. The first kappa shape index (κ1) is 19.2. The number of hydrogen-bond donors (Lipinski definition) is 3. The maximum absolute atomic E-state index is 12.2. The van der Waals surface area contributed by atoms with Crippen LogP contribution in [-0.2, 0) is 4.79 Å². The number of benzene rings is 2. The van der Waals surface area contributed by atoms with Gasteiger partial charge in [0.05, 0.1) is 0 Å². The van der Waals surface area contributed by atoms with E-state index in [1.165, 1.54) is 22.8 Å². The summed E-state index contributed by atoms with van der Waals surface area (Å²) in [7, 11) is 1.66. The van der Waals surface area contributed by atoms with Crippen molar-refractivity contribution < 1.29 is 4.79 Å². The second-order valence-corrected chi connectivity index (χ2v) is 6.16. The van der Waals surface area contributed by atoms with Gasteiger partial charge in [0.15, 0.2) is 0 Å². The van der Waals surface area contributed by atoms with E-state index in [0.717, 1.165) is 23.0 Å². The third-order valence-electron chi connectivity index (χ3n) is 4.25. The lowest BCUT2D eigenvalue weighted by Crippen LogP contribution is -2.23. The molecule has 0 aliphatic carbocycles. The molecule has 0 saturated carbocycles. The number of carbonyl (C=O) groups is 1. The second-order valence-electron chi connectivity index (χ2n) is 6.16. The minimum atomic E-state index is -0.266. The number of nitrogens with one attached hydrogen (secondary N) is 3. The Morgan fingerprint density at radius 2 is 1.69 bits per heavy atom. The number of rotatable bonds is 6. The fraction of sp³-hybridized carbons (Fsp3) is 0.182. The van der Waals surface area contributed by atoms with Crippen LogP contribution in [0.5, 0.6) is 0 Å². The number of amides is 1. The number of anilines is 1. The highest BCUT2D eigenvalue weighted by Gasteiger charge is 2.09. The van der Waals surface area contributed by atoms with Crippen LogP contribution in [0.15, 0.2) is 48.2 Å². The zero-order valence-electron chi connectivity index (χ0n) is 15.7. The van der Waals surface area contributed by atoms with Crippen LogP contribution in [0.2, 0.25) is 0 Å². The molecule has 0 fully saturated rings. The molecule has 0 aliphatic heterocycles. The van der Waals surface area contributed by atoms with Crippen molar-refractivity contribution in [2.45, 2.75) is 20.8 Å². The van der Waals surface area contributed by atoms with Crippen molar-refractivity contribution in [3.8, 4) is 0 Å². The maximum atomic E-state index is 12.2. The molecule has 0 saturated heterocycles. The zero-order chi connectivity index (χ0) is 19.1. The van der Waals surface area contributed by atoms with E-state index in [-0.39, 0.29) is 5.91 Å². The van der Waals surface area contributed by atoms with Crippen LogP contribution in [-0.4, -0.2) is 19.2 Å². The summed E-state index contributed by atoms with van der Waals surface area (Å²) in [6, 6.07) is 12.2. The van der Waals surface area contributed by atoms with Crippen LogP contribution in [0.4, 0.5) is 5.69 Å². The minimum Gasteiger partial charge on any atom is -0.384 e. The van der Waals surface area contributed by atoms with Gasteiger partial charge in [0.1, 0.15) is 5.70 Å². The lowest BCUT2D eigenvalue weighted by atomic mass is 10.0. The monoisotopic (exact) mass is 347 g/mol. The first-order valence-corrected chi connectivity index (χ1v) is 8.51. The number of hydrogen-bond acceptors (Lipinski definition) is 3. The van der Waals surface area contributed by atoms with E-state index in [9.17, 15) is 4.79 Å². The largest absolute Gasteiger partial charge is 0.384 e. The molecule has 1 amide bonds. The molecular weight excluding hydrogens is 322 g/mol. The van der Waals surface area contributed by atoms with Crippen LogP contribution in [0.3, 0.4) is 0 Å². The molecule has 26 heavy (non-hydrogen) atoms. The van der Waals surface area contributed by atoms with E-state index in [1.807, 2.05) is 25.1 Å². The molecule has 2 aromatic rings. The average molecular weight is 347 g/mol. The van der Waals surface area contributed by atoms with E-state index in [4.69, 9.17) is 5.41 Å². The van der Waals surface area contributed by atoms with Gasteiger partial charge in [-0.15, -0.1) is 0 Å². The highest BCUT2D eigenvalue weighted by atomic mass is 16.2. The molecule has 0 spiro atoms. The summed E-state index contributed by atoms with van der Waals surface area (Å²) in [4.78, 5) is 12.2. The van der Waals surface area contributed by atoms with Crippen molar-refractivity contribution in [1.82, 2.24) is 5.32 Å². The number of aryl methyl sites for hydroxylation is 3. The predicted octanol–water partition coefficient (Wildman–Crippen LogP) is 4.47. The van der Waals surface area contributed by atoms with Crippen LogP contribution in [0.1, 0.15) is 27.8 Å². The molecule has 0 heterocycles. The number of carbonyl (C=O) groups excluding carboxylic acids is 1. The fourth-order valence-electron chi connectivity index (χ4n) is 2.75. The van der Waals surface area contributed by atoms with Gasteiger partial charge in [0, 0.05) is 18.9 Å². The van der Waals surface area contributed by atoms with Gasteiger partial charge in [-0.3, -0.25) is 4.79 Å². The van der Waals surface area contributed by atoms with Crippen molar-refractivity contribution in [2.75, 3.05) is 12.4 Å². The molecule has 0 radical (unpaired) electrons. The summed E-state index contributed by atoms with van der Waals surface area (Å²) < 4.78 is 0. The second kappa shape index (κ2) is 8.81. The molecular formula is C22H25N3O. The SMILES string of the molecule is CN/C(=C\C=N)C(=O)Nc1ccc(/C=C/c2c(C)cccc2C)cc1C. The Hall–Kier alpha value is -3.14. The summed E-state index contributed by atoms with van der Waals surface area (Å²) in [6.07, 6.45) is 6.72. The molecule has 0 aromatic heterocycles. The summed E-state index contributed by atoms with van der Waals surface area (Å²) >= 11 is 0. The van der Waals surface area contributed by atoms with Crippen LogP contribution in [0, 0.1) is 26.2 Å². The Labute approximate surface area is 155 Å². The van der Waals surface area contributed by atoms with E-state index < -0.39 is 0 Å². The highest BCUT2D eigenvalue weighted by molar-refractivity contribution is 6.05. The average Bonchev–Trinajstić information content (AvgIpc) is 2.61. The van der Waals surface area contributed by atoms with Crippen LogP contribution in [0.25, 0.3) is 12.2 Å². The highest BCUT2D eigenvalue weighted by Crippen LogP contribution is 2.21. The van der Waals surface area contributed by atoms with Gasteiger partial charge in [0.2, 0.25) is 0 Å². The molecule has 2 rings (SSSR count). The molecule has 0 bridgehead atoms. The van der Waals surface area contributed by atoms with Crippen molar-refractivity contribution in [2.24, 2.45) is 0 Å². The van der Waals surface area contributed by atoms with Gasteiger partial charge in [-0.1, -0.05) is 36.4 Å². The summed E-state index contributed by atoms with van der Waals surface area (Å²) in [6.45, 7) is 6.18. The van der Waals surface area contributed by atoms with Crippen molar-refractivity contribution in [1.29, 1.82) is 5.41 Å². The predicted molar refractivity (Wildman–Crippen MR) is 111 cm³/mol. The molecule has 2 aromatic carbocycles. The van der Waals surface area contributed by atoms with Gasteiger partial charge < -0.3 is 16.0 Å². The van der Waals surface area contributed by atoms with Gasteiger partial charge in [-0.05, 0) is 66.8 Å². The van der Waals surface area contributed by atoms with Gasteiger partial charge >= 0.3 is 0 Å². The van der Waals surface area contributed by atoms with Crippen molar-refractivity contribution >= 4 is 30.0 Å². The first-order valence-electron chi connectivity index (χ1n) is 8.51. The molecule has 0 unspecified atom stereocenters. The Bertz CT molecular complexity index is 859. The standard InChI is InChI=1S/C22H25N3O/c1-15-6-5-7-16(2)19(15)10-8-18-9-11-20(17(3)14-18)25-22(26)21(24-4)12-13-23/h5-14,23-24H,1-4H3,(H,25,26)/b10-8+,21-12-,23-13?. The fourth-order valence-corrected chi connectivity index (χ4v) is 2.75. The summed E-state index contributed by atoms with van der Waals surface area (Å²) in [5.41, 5.74) is 6.89. The van der Waals surface area contributed by atoms with Crippen molar-refractivity contribution in [3.05, 3.63) is 76.0 Å². The Balaban J connectivity index is 2.19. The van der Waals surface area contributed by atoms with E-state index in [0.29, 0.717) is 5.70 Å². The van der Waals surface area contributed by atoms with Gasteiger partial charge in [0.25, 0.3) is 5.91 Å². The normalized spacial score (nSPS) is 11.5.